The molecule has 0 spiro atoms. The number of ketones is 1. The van der Waals surface area contributed by atoms with Crippen LogP contribution in [0.15, 0.2) is 0 Å². The summed E-state index contributed by atoms with van der Waals surface area (Å²) >= 11 is 0. The smallest absolute Gasteiger partial charge is 0.223 e. The highest BCUT2D eigenvalue weighted by Gasteiger charge is 2.15. The summed E-state index contributed by atoms with van der Waals surface area (Å²) < 4.78 is 0. The van der Waals surface area contributed by atoms with Gasteiger partial charge in [-0.1, -0.05) is 13.8 Å². The Morgan fingerprint density at radius 3 is 2.17 bits per heavy atom. The molecule has 0 aliphatic rings. The molecule has 3 nitrogen and oxygen atoms in total. The molecule has 0 saturated heterocycles. The largest absolute Gasteiger partial charge is 0.346 e. The van der Waals surface area contributed by atoms with E-state index in [0.717, 1.165) is 6.42 Å². The molecule has 0 saturated carbocycles. The molecule has 3 heteroatoms. The summed E-state index contributed by atoms with van der Waals surface area (Å²) in [5.41, 5.74) is 0. The molecule has 12 heavy (non-hydrogen) atoms. The number of carbonyl (C=O) groups is 2. The van der Waals surface area contributed by atoms with Gasteiger partial charge in [-0.3, -0.25) is 9.59 Å². The fourth-order valence-corrected chi connectivity index (χ4v) is 0.643. The number of Topliss-reactive ketones (excluding diaryl/α,β-unsaturated/α-hetero) is 1. The van der Waals surface area contributed by atoms with Gasteiger partial charge in [0.25, 0.3) is 0 Å². The Labute approximate surface area is 73.5 Å². The Balaban J connectivity index is 3.92. The maximum Gasteiger partial charge on any atom is 0.223 e. The van der Waals surface area contributed by atoms with Gasteiger partial charge >= 0.3 is 0 Å². The third-order valence-corrected chi connectivity index (χ3v) is 2.03. The summed E-state index contributed by atoms with van der Waals surface area (Å²) in [7, 11) is 0. The summed E-state index contributed by atoms with van der Waals surface area (Å²) in [5, 5.41) is 2.64. The third-order valence-electron chi connectivity index (χ3n) is 2.03. The molecule has 0 radical (unpaired) electrons. The van der Waals surface area contributed by atoms with Gasteiger partial charge in [0.05, 0.1) is 6.04 Å². The van der Waals surface area contributed by atoms with Crippen LogP contribution >= 0.6 is 0 Å². The molecular weight excluding hydrogens is 154 g/mol. The van der Waals surface area contributed by atoms with Crippen molar-refractivity contribution in [2.24, 2.45) is 5.92 Å². The van der Waals surface area contributed by atoms with Gasteiger partial charge in [0.1, 0.15) is 0 Å². The van der Waals surface area contributed by atoms with Gasteiger partial charge in [-0.2, -0.15) is 0 Å². The average Bonchev–Trinajstić information content (AvgIpc) is 2.02. The highest BCUT2D eigenvalue weighted by atomic mass is 16.2. The van der Waals surface area contributed by atoms with Crippen molar-refractivity contribution >= 4 is 11.7 Å². The minimum absolute atomic E-state index is 0.00759. The molecule has 70 valence electrons. The van der Waals surface area contributed by atoms with Crippen LogP contribution in [0.2, 0.25) is 0 Å². The van der Waals surface area contributed by atoms with E-state index in [9.17, 15) is 9.59 Å². The second kappa shape index (κ2) is 4.91. The minimum atomic E-state index is -0.355. The Morgan fingerprint density at radius 1 is 1.33 bits per heavy atom. The van der Waals surface area contributed by atoms with Gasteiger partial charge in [-0.25, -0.2) is 0 Å². The molecule has 0 heterocycles. The predicted molar refractivity (Wildman–Crippen MR) is 47.7 cm³/mol. The zero-order valence-electron chi connectivity index (χ0n) is 8.18. The van der Waals surface area contributed by atoms with Gasteiger partial charge in [-0.05, 0) is 20.3 Å². The molecule has 0 aliphatic heterocycles. The lowest BCUT2D eigenvalue weighted by Gasteiger charge is -2.13. The first-order valence-corrected chi connectivity index (χ1v) is 4.29. The van der Waals surface area contributed by atoms with E-state index in [-0.39, 0.29) is 23.7 Å². The van der Waals surface area contributed by atoms with Gasteiger partial charge < -0.3 is 5.32 Å². The number of hydrogen-bond donors (Lipinski definition) is 1. The van der Waals surface area contributed by atoms with Crippen LogP contribution in [0.3, 0.4) is 0 Å². The number of rotatable bonds is 4. The van der Waals surface area contributed by atoms with Crippen LogP contribution in [0.1, 0.15) is 34.1 Å². The van der Waals surface area contributed by atoms with Crippen LogP contribution in [-0.2, 0) is 9.59 Å². The van der Waals surface area contributed by atoms with Crippen LogP contribution in [0.4, 0.5) is 0 Å². The van der Waals surface area contributed by atoms with Gasteiger partial charge in [0.15, 0.2) is 5.78 Å². The highest BCUT2D eigenvalue weighted by molar-refractivity contribution is 5.87. The molecular formula is C9H17NO2. The molecule has 0 aliphatic carbocycles. The van der Waals surface area contributed by atoms with E-state index in [1.807, 2.05) is 13.8 Å². The second-order valence-electron chi connectivity index (χ2n) is 3.15. The zero-order chi connectivity index (χ0) is 9.72. The van der Waals surface area contributed by atoms with Crippen molar-refractivity contribution in [2.75, 3.05) is 0 Å². The van der Waals surface area contributed by atoms with Gasteiger partial charge in [0.2, 0.25) is 5.91 Å². The lowest BCUT2D eigenvalue weighted by atomic mass is 10.1. The molecule has 1 amide bonds. The molecule has 0 bridgehead atoms. The average molecular weight is 171 g/mol. The van der Waals surface area contributed by atoms with E-state index in [1.54, 1.807) is 6.92 Å². The zero-order valence-corrected chi connectivity index (χ0v) is 8.18. The topological polar surface area (TPSA) is 46.2 Å². The van der Waals surface area contributed by atoms with E-state index in [1.165, 1.54) is 6.92 Å². The van der Waals surface area contributed by atoms with Crippen LogP contribution in [-0.4, -0.2) is 17.7 Å². The molecule has 1 N–H and O–H groups in total. The number of carbonyl (C=O) groups excluding carboxylic acids is 2. The van der Waals surface area contributed by atoms with Crippen molar-refractivity contribution in [3.8, 4) is 0 Å². The van der Waals surface area contributed by atoms with Crippen molar-refractivity contribution in [1.29, 1.82) is 0 Å². The SMILES string of the molecule is CCC(C)C(=O)NC(C)C(C)=O. The lowest BCUT2D eigenvalue weighted by molar-refractivity contribution is -0.128. The van der Waals surface area contributed by atoms with Crippen molar-refractivity contribution in [1.82, 2.24) is 5.32 Å². The molecule has 0 rings (SSSR count). The Kier molecular flexibility index (Phi) is 4.55. The maximum absolute atomic E-state index is 11.2. The van der Waals surface area contributed by atoms with Gasteiger partial charge in [0, 0.05) is 5.92 Å². The Bertz CT molecular complexity index is 177. The fraction of sp³-hybridized carbons (Fsp3) is 0.778. The molecule has 0 aromatic heterocycles. The van der Waals surface area contributed by atoms with E-state index in [4.69, 9.17) is 0 Å². The monoisotopic (exact) mass is 171 g/mol. The van der Waals surface area contributed by atoms with E-state index in [0.29, 0.717) is 0 Å². The highest BCUT2D eigenvalue weighted by Crippen LogP contribution is 2.00. The van der Waals surface area contributed by atoms with E-state index in [2.05, 4.69) is 5.32 Å². The molecule has 0 aromatic carbocycles. The summed E-state index contributed by atoms with van der Waals surface area (Å²) in [4.78, 5) is 22.0. The lowest BCUT2D eigenvalue weighted by Crippen LogP contribution is -2.40. The Morgan fingerprint density at radius 2 is 1.83 bits per heavy atom. The van der Waals surface area contributed by atoms with Crippen LogP contribution in [0, 0.1) is 5.92 Å². The first kappa shape index (κ1) is 11.1. The molecule has 0 aromatic rings. The van der Waals surface area contributed by atoms with Crippen molar-refractivity contribution in [3.63, 3.8) is 0 Å². The molecule has 2 unspecified atom stereocenters. The number of nitrogens with one attached hydrogen (secondary N) is 1. The van der Waals surface area contributed by atoms with Crippen molar-refractivity contribution in [2.45, 2.75) is 40.2 Å². The minimum Gasteiger partial charge on any atom is -0.346 e. The third kappa shape index (κ3) is 3.51. The fourth-order valence-electron chi connectivity index (χ4n) is 0.643. The molecule has 0 fully saturated rings. The second-order valence-corrected chi connectivity index (χ2v) is 3.15. The number of hydrogen-bond acceptors (Lipinski definition) is 2. The first-order chi connectivity index (χ1) is 5.49. The van der Waals surface area contributed by atoms with Crippen molar-refractivity contribution in [3.05, 3.63) is 0 Å². The quantitative estimate of drug-likeness (QED) is 0.689. The predicted octanol–water partition coefficient (Wildman–Crippen LogP) is 1.13. The molecule has 2 atom stereocenters. The standard InChI is InChI=1S/C9H17NO2/c1-5-6(2)9(12)10-7(3)8(4)11/h6-7H,5H2,1-4H3,(H,10,12). The van der Waals surface area contributed by atoms with E-state index < -0.39 is 0 Å². The summed E-state index contributed by atoms with van der Waals surface area (Å²) in [6.45, 7) is 6.97. The normalized spacial score (nSPS) is 15.0. The van der Waals surface area contributed by atoms with Crippen molar-refractivity contribution < 1.29 is 9.59 Å². The van der Waals surface area contributed by atoms with Crippen LogP contribution in [0.5, 0.6) is 0 Å². The Hall–Kier alpha value is -0.860. The first-order valence-electron chi connectivity index (χ1n) is 4.29. The van der Waals surface area contributed by atoms with Gasteiger partial charge in [-0.15, -0.1) is 0 Å². The van der Waals surface area contributed by atoms with E-state index >= 15 is 0 Å². The van der Waals surface area contributed by atoms with Crippen LogP contribution < -0.4 is 5.32 Å². The summed E-state index contributed by atoms with van der Waals surface area (Å²) in [6.07, 6.45) is 0.802. The summed E-state index contributed by atoms with van der Waals surface area (Å²) in [5.74, 6) is -0.0568. The van der Waals surface area contributed by atoms with Crippen LogP contribution in [0.25, 0.3) is 0 Å². The maximum atomic E-state index is 11.2. The summed E-state index contributed by atoms with van der Waals surface area (Å²) in [6, 6.07) is -0.355. The number of amides is 1.